The number of piperazine rings is 1. The molecule has 0 unspecified atom stereocenters. The fourth-order valence-electron chi connectivity index (χ4n) is 3.53. The summed E-state index contributed by atoms with van der Waals surface area (Å²) >= 11 is 6.12. The van der Waals surface area contributed by atoms with E-state index in [4.69, 9.17) is 25.5 Å². The van der Waals surface area contributed by atoms with Gasteiger partial charge in [-0.2, -0.15) is 0 Å². The van der Waals surface area contributed by atoms with Crippen molar-refractivity contribution in [1.29, 1.82) is 0 Å². The summed E-state index contributed by atoms with van der Waals surface area (Å²) in [5, 5.41) is 0.586. The molecule has 2 aromatic carbocycles. The summed E-state index contributed by atoms with van der Waals surface area (Å²) in [5.74, 6) is 1.34. The quantitative estimate of drug-likeness (QED) is 0.503. The minimum Gasteiger partial charge on any atom is -0.484 e. The van der Waals surface area contributed by atoms with Gasteiger partial charge in [-0.15, -0.1) is 0 Å². The summed E-state index contributed by atoms with van der Waals surface area (Å²) < 4.78 is 16.8. The summed E-state index contributed by atoms with van der Waals surface area (Å²) in [5.41, 5.74) is 0.555. The van der Waals surface area contributed by atoms with E-state index in [0.717, 1.165) is 5.56 Å². The Hall–Kier alpha value is -3.29. The molecule has 8 heteroatoms. The molecule has 1 aliphatic rings. The zero-order valence-corrected chi connectivity index (χ0v) is 18.9. The van der Waals surface area contributed by atoms with Crippen LogP contribution in [0.4, 0.5) is 0 Å². The monoisotopic (exact) mass is 468 g/mol. The maximum atomic E-state index is 12.4. The van der Waals surface area contributed by atoms with Crippen molar-refractivity contribution in [3.8, 4) is 11.5 Å². The van der Waals surface area contributed by atoms with Gasteiger partial charge >= 0.3 is 0 Å². The maximum absolute atomic E-state index is 12.4. The molecule has 2 heterocycles. The highest BCUT2D eigenvalue weighted by Gasteiger charge is 2.22. The zero-order valence-electron chi connectivity index (χ0n) is 18.1. The molecule has 0 N–H and O–H groups in total. The van der Waals surface area contributed by atoms with Gasteiger partial charge in [0.1, 0.15) is 24.4 Å². The van der Waals surface area contributed by atoms with Gasteiger partial charge in [0.25, 0.3) is 5.91 Å². The first kappa shape index (κ1) is 22.9. The predicted molar refractivity (Wildman–Crippen MR) is 125 cm³/mol. The summed E-state index contributed by atoms with van der Waals surface area (Å²) in [6, 6.07) is 18.1. The second-order valence-corrected chi connectivity index (χ2v) is 8.12. The summed E-state index contributed by atoms with van der Waals surface area (Å²) in [6.07, 6.45) is 1.34. The van der Waals surface area contributed by atoms with Gasteiger partial charge in [0.2, 0.25) is 11.2 Å². The summed E-state index contributed by atoms with van der Waals surface area (Å²) in [4.78, 5) is 28.8. The van der Waals surface area contributed by atoms with Crippen LogP contribution in [0, 0.1) is 0 Å². The molecule has 0 spiro atoms. The highest BCUT2D eigenvalue weighted by molar-refractivity contribution is 6.31. The van der Waals surface area contributed by atoms with Gasteiger partial charge in [0, 0.05) is 42.8 Å². The van der Waals surface area contributed by atoms with E-state index in [2.05, 4.69) is 4.90 Å². The van der Waals surface area contributed by atoms with E-state index in [1.807, 2.05) is 48.5 Å². The molecule has 1 fully saturated rings. The Morgan fingerprint density at radius 3 is 2.42 bits per heavy atom. The first-order valence-corrected chi connectivity index (χ1v) is 11.1. The van der Waals surface area contributed by atoms with Crippen LogP contribution in [0.5, 0.6) is 11.5 Å². The van der Waals surface area contributed by atoms with Crippen molar-refractivity contribution in [2.75, 3.05) is 32.8 Å². The molecular formula is C25H25ClN2O5. The SMILES string of the molecule is O=C(COc1ccccc1)N1CCN(Cc2cc(=O)c(OCc3ccccc3Cl)co2)CC1. The second-order valence-electron chi connectivity index (χ2n) is 7.71. The molecule has 4 rings (SSSR count). The number of carbonyl (C=O) groups is 1. The average molecular weight is 469 g/mol. The summed E-state index contributed by atoms with van der Waals surface area (Å²) in [6.45, 7) is 3.27. The lowest BCUT2D eigenvalue weighted by atomic mass is 10.2. The van der Waals surface area contributed by atoms with Crippen molar-refractivity contribution in [2.24, 2.45) is 0 Å². The molecule has 0 radical (unpaired) electrons. The number of amides is 1. The van der Waals surface area contributed by atoms with Gasteiger partial charge in [0.15, 0.2) is 6.61 Å². The van der Waals surface area contributed by atoms with Gasteiger partial charge in [0.05, 0.1) is 6.54 Å². The maximum Gasteiger partial charge on any atom is 0.260 e. The van der Waals surface area contributed by atoms with Crippen molar-refractivity contribution in [3.05, 3.63) is 93.5 Å². The molecule has 3 aromatic rings. The Morgan fingerprint density at radius 2 is 1.70 bits per heavy atom. The molecule has 0 saturated carbocycles. The third kappa shape index (κ3) is 6.37. The molecule has 1 saturated heterocycles. The standard InChI is InChI=1S/C25H25ClN2O5/c26-22-9-5-4-6-19(22)16-33-24-17-31-21(14-23(24)29)15-27-10-12-28(13-11-27)25(30)18-32-20-7-2-1-3-8-20/h1-9,14,17H,10-13,15-16,18H2. The van der Waals surface area contributed by atoms with E-state index >= 15 is 0 Å². The zero-order chi connectivity index (χ0) is 23.0. The molecule has 7 nitrogen and oxygen atoms in total. The molecule has 0 atom stereocenters. The number of carbonyl (C=O) groups excluding carboxylic acids is 1. The van der Waals surface area contributed by atoms with Crippen LogP contribution in [0.3, 0.4) is 0 Å². The molecule has 0 bridgehead atoms. The van der Waals surface area contributed by atoms with Crippen LogP contribution in [0.15, 0.2) is 76.1 Å². The van der Waals surface area contributed by atoms with Crippen LogP contribution in [0.25, 0.3) is 0 Å². The van der Waals surface area contributed by atoms with Crippen LogP contribution < -0.4 is 14.9 Å². The van der Waals surface area contributed by atoms with E-state index in [1.54, 1.807) is 11.0 Å². The Morgan fingerprint density at radius 1 is 0.970 bits per heavy atom. The fraction of sp³-hybridized carbons (Fsp3) is 0.280. The van der Waals surface area contributed by atoms with Gasteiger partial charge in [-0.25, -0.2) is 0 Å². The highest BCUT2D eigenvalue weighted by Crippen LogP contribution is 2.17. The number of hydrogen-bond donors (Lipinski definition) is 0. The number of halogens is 1. The summed E-state index contributed by atoms with van der Waals surface area (Å²) in [7, 11) is 0. The Kier molecular flexibility index (Phi) is 7.65. The van der Waals surface area contributed by atoms with E-state index in [0.29, 0.717) is 49.3 Å². The lowest BCUT2D eigenvalue weighted by Crippen LogP contribution is -2.49. The first-order valence-electron chi connectivity index (χ1n) is 10.7. The third-order valence-electron chi connectivity index (χ3n) is 5.40. The topological polar surface area (TPSA) is 72.2 Å². The van der Waals surface area contributed by atoms with Crippen molar-refractivity contribution >= 4 is 17.5 Å². The third-order valence-corrected chi connectivity index (χ3v) is 5.77. The minimum absolute atomic E-state index is 0.0224. The lowest BCUT2D eigenvalue weighted by molar-refractivity contribution is -0.135. The number of nitrogens with zero attached hydrogens (tertiary/aromatic N) is 2. The first-order chi connectivity index (χ1) is 16.1. The van der Waals surface area contributed by atoms with E-state index in [1.165, 1.54) is 12.3 Å². The smallest absolute Gasteiger partial charge is 0.260 e. The Bertz CT molecular complexity index is 1130. The van der Waals surface area contributed by atoms with Crippen LogP contribution in [0.1, 0.15) is 11.3 Å². The largest absolute Gasteiger partial charge is 0.484 e. The number of rotatable bonds is 8. The molecule has 1 aliphatic heterocycles. The molecule has 0 aliphatic carbocycles. The molecule has 1 amide bonds. The van der Waals surface area contributed by atoms with Crippen molar-refractivity contribution < 1.29 is 18.7 Å². The van der Waals surface area contributed by atoms with E-state index in [9.17, 15) is 9.59 Å². The fourth-order valence-corrected chi connectivity index (χ4v) is 3.72. The van der Waals surface area contributed by atoms with Crippen LogP contribution >= 0.6 is 11.6 Å². The van der Waals surface area contributed by atoms with E-state index in [-0.39, 0.29) is 30.3 Å². The van der Waals surface area contributed by atoms with Crippen molar-refractivity contribution in [2.45, 2.75) is 13.2 Å². The number of ether oxygens (including phenoxy) is 2. The van der Waals surface area contributed by atoms with Crippen molar-refractivity contribution in [3.63, 3.8) is 0 Å². The average Bonchev–Trinajstić information content (AvgIpc) is 2.84. The normalized spacial score (nSPS) is 14.2. The highest BCUT2D eigenvalue weighted by atomic mass is 35.5. The minimum atomic E-state index is -0.241. The Balaban J connectivity index is 1.23. The van der Waals surface area contributed by atoms with Gasteiger partial charge in [-0.1, -0.05) is 48.0 Å². The molecule has 1 aromatic heterocycles. The predicted octanol–water partition coefficient (Wildman–Crippen LogP) is 3.60. The molecule has 33 heavy (non-hydrogen) atoms. The number of para-hydroxylation sites is 1. The van der Waals surface area contributed by atoms with E-state index < -0.39 is 0 Å². The Labute approximate surface area is 197 Å². The van der Waals surface area contributed by atoms with Gasteiger partial charge in [-0.05, 0) is 18.2 Å². The second kappa shape index (κ2) is 11.0. The number of benzene rings is 2. The van der Waals surface area contributed by atoms with Crippen molar-refractivity contribution in [1.82, 2.24) is 9.80 Å². The molecule has 172 valence electrons. The molecular weight excluding hydrogens is 444 g/mol. The lowest BCUT2D eigenvalue weighted by Gasteiger charge is -2.34. The van der Waals surface area contributed by atoms with Crippen LogP contribution in [0.2, 0.25) is 5.02 Å². The number of hydrogen-bond acceptors (Lipinski definition) is 6. The van der Waals surface area contributed by atoms with Gasteiger partial charge < -0.3 is 18.8 Å². The van der Waals surface area contributed by atoms with Crippen LogP contribution in [-0.2, 0) is 17.9 Å². The van der Waals surface area contributed by atoms with Gasteiger partial charge in [-0.3, -0.25) is 14.5 Å². The van der Waals surface area contributed by atoms with Crippen LogP contribution in [-0.4, -0.2) is 48.5 Å².